The van der Waals surface area contributed by atoms with Crippen LogP contribution in [0.25, 0.3) is 0 Å². The molecule has 0 aliphatic heterocycles. The normalized spacial score (nSPS) is 10.5. The van der Waals surface area contributed by atoms with Crippen LogP contribution in [0.15, 0.2) is 10.7 Å². The zero-order chi connectivity index (χ0) is 10.0. The molecule has 1 aromatic rings. The first kappa shape index (κ1) is 10.2. The lowest BCUT2D eigenvalue weighted by Crippen LogP contribution is -2.00. The van der Waals surface area contributed by atoms with Gasteiger partial charge in [-0.25, -0.2) is 18.2 Å². The molecular weight excluding hydrogens is 251 g/mol. The van der Waals surface area contributed by atoms with Crippen LogP contribution in [0.1, 0.15) is 22.5 Å². The first-order valence-electron chi connectivity index (χ1n) is 3.15. The monoisotopic (exact) mass is 253 g/mol. The second-order valence-electron chi connectivity index (χ2n) is 2.15. The van der Waals surface area contributed by atoms with Crippen LogP contribution >= 0.6 is 15.9 Å². The van der Waals surface area contributed by atoms with Gasteiger partial charge >= 0.3 is 0 Å². The predicted molar refractivity (Wildman–Crippen MR) is 42.2 cm³/mol. The SMILES string of the molecule is O=Cc1cc(Br)nc(C(F)F)c1F. The topological polar surface area (TPSA) is 30.0 Å². The van der Waals surface area contributed by atoms with Gasteiger partial charge in [0.1, 0.15) is 10.3 Å². The number of hydrogen-bond acceptors (Lipinski definition) is 2. The van der Waals surface area contributed by atoms with E-state index < -0.39 is 23.5 Å². The third-order valence-corrected chi connectivity index (χ3v) is 1.72. The van der Waals surface area contributed by atoms with Gasteiger partial charge in [0.05, 0.1) is 5.56 Å². The van der Waals surface area contributed by atoms with Crippen LogP contribution < -0.4 is 0 Å². The van der Waals surface area contributed by atoms with Gasteiger partial charge in [0.2, 0.25) is 0 Å². The summed E-state index contributed by atoms with van der Waals surface area (Å²) >= 11 is 2.79. The number of hydrogen-bond donors (Lipinski definition) is 0. The van der Waals surface area contributed by atoms with Crippen molar-refractivity contribution in [3.8, 4) is 0 Å². The van der Waals surface area contributed by atoms with Crippen molar-refractivity contribution in [2.45, 2.75) is 6.43 Å². The summed E-state index contributed by atoms with van der Waals surface area (Å²) in [5.41, 5.74) is -1.45. The van der Waals surface area contributed by atoms with Crippen molar-refractivity contribution in [2.75, 3.05) is 0 Å². The molecule has 0 aliphatic carbocycles. The summed E-state index contributed by atoms with van der Waals surface area (Å²) in [6.45, 7) is 0. The molecule has 0 saturated heterocycles. The van der Waals surface area contributed by atoms with Crippen LogP contribution in [0, 0.1) is 5.82 Å². The van der Waals surface area contributed by atoms with E-state index in [1.165, 1.54) is 0 Å². The maximum Gasteiger partial charge on any atom is 0.283 e. The Labute approximate surface area is 79.9 Å². The van der Waals surface area contributed by atoms with Crippen LogP contribution in [0.5, 0.6) is 0 Å². The Balaban J connectivity index is 3.35. The van der Waals surface area contributed by atoms with Crippen LogP contribution in [-0.4, -0.2) is 11.3 Å². The van der Waals surface area contributed by atoms with Crippen molar-refractivity contribution in [1.29, 1.82) is 0 Å². The van der Waals surface area contributed by atoms with Crippen molar-refractivity contribution in [1.82, 2.24) is 4.98 Å². The molecule has 0 fully saturated rings. The molecule has 13 heavy (non-hydrogen) atoms. The Morgan fingerprint density at radius 1 is 1.54 bits per heavy atom. The van der Waals surface area contributed by atoms with Gasteiger partial charge in [0.25, 0.3) is 6.43 Å². The number of alkyl halides is 2. The molecule has 0 bridgehead atoms. The maximum atomic E-state index is 12.9. The van der Waals surface area contributed by atoms with Gasteiger partial charge in [-0.3, -0.25) is 4.79 Å². The van der Waals surface area contributed by atoms with E-state index in [2.05, 4.69) is 20.9 Å². The lowest BCUT2D eigenvalue weighted by Gasteiger charge is -2.03. The Hall–Kier alpha value is -0.910. The van der Waals surface area contributed by atoms with Crippen molar-refractivity contribution in [2.24, 2.45) is 0 Å². The molecule has 0 unspecified atom stereocenters. The molecule has 0 N–H and O–H groups in total. The van der Waals surface area contributed by atoms with Crippen molar-refractivity contribution < 1.29 is 18.0 Å². The molecule has 1 aromatic heterocycles. The Kier molecular flexibility index (Phi) is 3.02. The number of rotatable bonds is 2. The van der Waals surface area contributed by atoms with E-state index in [0.717, 1.165) is 6.07 Å². The highest BCUT2D eigenvalue weighted by Crippen LogP contribution is 2.23. The first-order valence-corrected chi connectivity index (χ1v) is 3.95. The van der Waals surface area contributed by atoms with E-state index >= 15 is 0 Å². The van der Waals surface area contributed by atoms with Gasteiger partial charge in [-0.15, -0.1) is 0 Å². The van der Waals surface area contributed by atoms with E-state index in [1.807, 2.05) is 0 Å². The summed E-state index contributed by atoms with van der Waals surface area (Å²) in [5, 5.41) is 0. The molecular formula is C7H3BrF3NO. The number of aldehydes is 1. The predicted octanol–water partition coefficient (Wildman–Crippen LogP) is 2.73. The first-order chi connectivity index (χ1) is 6.06. The molecule has 0 radical (unpaired) electrons. The third kappa shape index (κ3) is 2.06. The van der Waals surface area contributed by atoms with Crippen molar-refractivity contribution >= 4 is 22.2 Å². The Bertz CT molecular complexity index is 343. The summed E-state index contributed by atoms with van der Waals surface area (Å²) in [6, 6.07) is 1.04. The molecule has 6 heteroatoms. The van der Waals surface area contributed by atoms with Crippen LogP contribution in [-0.2, 0) is 0 Å². The van der Waals surface area contributed by atoms with Gasteiger partial charge in [-0.1, -0.05) is 0 Å². The zero-order valence-corrected chi connectivity index (χ0v) is 7.69. The highest BCUT2D eigenvalue weighted by molar-refractivity contribution is 9.10. The molecule has 70 valence electrons. The fourth-order valence-corrected chi connectivity index (χ4v) is 1.20. The molecule has 0 aliphatic rings. The smallest absolute Gasteiger partial charge is 0.283 e. The quantitative estimate of drug-likeness (QED) is 0.600. The molecule has 0 aromatic carbocycles. The number of pyridine rings is 1. The highest BCUT2D eigenvalue weighted by atomic mass is 79.9. The van der Waals surface area contributed by atoms with Gasteiger partial charge < -0.3 is 0 Å². The van der Waals surface area contributed by atoms with Gasteiger partial charge in [0, 0.05) is 0 Å². The van der Waals surface area contributed by atoms with Crippen LogP contribution in [0.2, 0.25) is 0 Å². The van der Waals surface area contributed by atoms with E-state index in [-0.39, 0.29) is 10.9 Å². The minimum atomic E-state index is -3.03. The van der Waals surface area contributed by atoms with Gasteiger partial charge in [-0.2, -0.15) is 0 Å². The van der Waals surface area contributed by atoms with Gasteiger partial charge in [0.15, 0.2) is 12.1 Å². The molecule has 0 spiro atoms. The number of nitrogens with zero attached hydrogens (tertiary/aromatic N) is 1. The molecule has 1 rings (SSSR count). The van der Waals surface area contributed by atoms with Crippen molar-refractivity contribution in [3.05, 3.63) is 27.7 Å². The summed E-state index contributed by atoms with van der Waals surface area (Å²) in [6.07, 6.45) is -2.87. The minimum Gasteiger partial charge on any atom is -0.298 e. The second-order valence-corrected chi connectivity index (χ2v) is 2.96. The fourth-order valence-electron chi connectivity index (χ4n) is 0.766. The average molecular weight is 254 g/mol. The van der Waals surface area contributed by atoms with E-state index in [0.29, 0.717) is 0 Å². The summed E-state index contributed by atoms with van der Waals surface area (Å²) in [7, 11) is 0. The summed E-state index contributed by atoms with van der Waals surface area (Å²) in [5.74, 6) is -1.27. The van der Waals surface area contributed by atoms with Gasteiger partial charge in [-0.05, 0) is 22.0 Å². The number of aromatic nitrogens is 1. The average Bonchev–Trinajstić information content (AvgIpc) is 2.08. The molecule has 0 atom stereocenters. The molecule has 2 nitrogen and oxygen atoms in total. The zero-order valence-electron chi connectivity index (χ0n) is 6.10. The largest absolute Gasteiger partial charge is 0.298 e. The minimum absolute atomic E-state index is 0.00583. The highest BCUT2D eigenvalue weighted by Gasteiger charge is 2.19. The molecule has 1 heterocycles. The summed E-state index contributed by atoms with van der Waals surface area (Å²) in [4.78, 5) is 13.4. The standard InChI is InChI=1S/C7H3BrF3NO/c8-4-1-3(2-13)5(9)6(12-4)7(10)11/h1-2,7H. The summed E-state index contributed by atoms with van der Waals surface area (Å²) < 4.78 is 37.1. The molecule has 0 saturated carbocycles. The second kappa shape index (κ2) is 3.87. The van der Waals surface area contributed by atoms with Crippen molar-refractivity contribution in [3.63, 3.8) is 0 Å². The van der Waals surface area contributed by atoms with Crippen LogP contribution in [0.4, 0.5) is 13.2 Å². The lowest BCUT2D eigenvalue weighted by atomic mass is 10.2. The van der Waals surface area contributed by atoms with E-state index in [9.17, 15) is 18.0 Å². The Morgan fingerprint density at radius 3 is 2.62 bits per heavy atom. The number of halogens is 4. The fraction of sp³-hybridized carbons (Fsp3) is 0.143. The Morgan fingerprint density at radius 2 is 2.15 bits per heavy atom. The number of carbonyl (C=O) groups is 1. The van der Waals surface area contributed by atoms with Crippen LogP contribution in [0.3, 0.4) is 0 Å². The maximum absolute atomic E-state index is 12.9. The lowest BCUT2D eigenvalue weighted by molar-refractivity contribution is 0.111. The molecule has 0 amide bonds. The van der Waals surface area contributed by atoms with E-state index in [1.54, 1.807) is 0 Å². The number of carbonyl (C=O) groups excluding carboxylic acids is 1. The van der Waals surface area contributed by atoms with E-state index in [4.69, 9.17) is 0 Å². The third-order valence-electron chi connectivity index (χ3n) is 1.31.